The van der Waals surface area contributed by atoms with Crippen molar-refractivity contribution < 1.29 is 0 Å². The Morgan fingerprint density at radius 1 is 1.67 bits per heavy atom. The summed E-state index contributed by atoms with van der Waals surface area (Å²) in [6.45, 7) is 2.46. The third-order valence-electron chi connectivity index (χ3n) is 1.16. The van der Waals surface area contributed by atoms with Gasteiger partial charge in [-0.15, -0.1) is 0 Å². The number of rotatable bonds is 0. The van der Waals surface area contributed by atoms with E-state index in [1.54, 1.807) is 0 Å². The van der Waals surface area contributed by atoms with Crippen LogP contribution in [0.2, 0.25) is 0 Å². The quantitative estimate of drug-likeness (QED) is 0.413. The van der Waals surface area contributed by atoms with Gasteiger partial charge in [0.2, 0.25) is 0 Å². The van der Waals surface area contributed by atoms with Crippen LogP contribution in [0.25, 0.3) is 0 Å². The van der Waals surface area contributed by atoms with Crippen molar-refractivity contribution in [3.8, 4) is 0 Å². The Bertz CT molecular complexity index is 37.2. The lowest BCUT2D eigenvalue weighted by Crippen LogP contribution is -2.10. The SMILES string of the molecule is CN1C[CH]CC1. The molecule has 0 bridgehead atoms. The molecule has 35 valence electrons. The first-order valence-corrected chi connectivity index (χ1v) is 2.40. The van der Waals surface area contributed by atoms with Crippen LogP contribution in [0.4, 0.5) is 0 Å². The minimum Gasteiger partial charge on any atom is -0.306 e. The van der Waals surface area contributed by atoms with Crippen LogP contribution in [0.15, 0.2) is 0 Å². The first-order valence-electron chi connectivity index (χ1n) is 2.40. The Labute approximate surface area is 39.0 Å². The third kappa shape index (κ3) is 0.716. The molecule has 0 N–H and O–H groups in total. The predicted octanol–water partition coefficient (Wildman–Crippen LogP) is 0.526. The highest BCUT2D eigenvalue weighted by atomic mass is 15.1. The van der Waals surface area contributed by atoms with E-state index in [2.05, 4.69) is 18.4 Å². The summed E-state index contributed by atoms with van der Waals surface area (Å²) < 4.78 is 0. The van der Waals surface area contributed by atoms with Crippen molar-refractivity contribution in [3.63, 3.8) is 0 Å². The third-order valence-corrected chi connectivity index (χ3v) is 1.16. The Morgan fingerprint density at radius 3 is 2.67 bits per heavy atom. The molecule has 1 rings (SSSR count). The lowest BCUT2D eigenvalue weighted by atomic mass is 10.4. The summed E-state index contributed by atoms with van der Waals surface area (Å²) in [7, 11) is 2.14. The van der Waals surface area contributed by atoms with Crippen molar-refractivity contribution in [2.75, 3.05) is 20.1 Å². The molecule has 0 aliphatic carbocycles. The van der Waals surface area contributed by atoms with Gasteiger partial charge < -0.3 is 4.90 Å². The van der Waals surface area contributed by atoms with E-state index in [0.29, 0.717) is 0 Å². The number of nitrogens with zero attached hydrogens (tertiary/aromatic N) is 1. The van der Waals surface area contributed by atoms with Gasteiger partial charge in [-0.25, -0.2) is 0 Å². The topological polar surface area (TPSA) is 3.24 Å². The van der Waals surface area contributed by atoms with E-state index in [1.807, 2.05) is 0 Å². The summed E-state index contributed by atoms with van der Waals surface area (Å²) >= 11 is 0. The molecule has 0 atom stereocenters. The fourth-order valence-electron chi connectivity index (χ4n) is 0.715. The van der Waals surface area contributed by atoms with Crippen molar-refractivity contribution >= 4 is 0 Å². The van der Waals surface area contributed by atoms with Gasteiger partial charge in [0, 0.05) is 6.54 Å². The van der Waals surface area contributed by atoms with Gasteiger partial charge in [-0.2, -0.15) is 0 Å². The zero-order chi connectivity index (χ0) is 4.41. The Kier molecular flexibility index (Phi) is 1.10. The molecule has 0 spiro atoms. The summed E-state index contributed by atoms with van der Waals surface area (Å²) in [6.07, 6.45) is 3.59. The molecule has 1 radical (unpaired) electrons. The van der Waals surface area contributed by atoms with Gasteiger partial charge in [0.15, 0.2) is 0 Å². The maximum atomic E-state index is 2.31. The Hall–Kier alpha value is -0.0400. The molecular weight excluding hydrogens is 74.1 g/mol. The van der Waals surface area contributed by atoms with Crippen LogP contribution in [0.1, 0.15) is 6.42 Å². The second-order valence-corrected chi connectivity index (χ2v) is 1.84. The number of hydrogen-bond donors (Lipinski definition) is 0. The van der Waals surface area contributed by atoms with E-state index in [1.165, 1.54) is 19.5 Å². The van der Waals surface area contributed by atoms with E-state index in [4.69, 9.17) is 0 Å². The molecule has 0 amide bonds. The molecule has 0 unspecified atom stereocenters. The van der Waals surface area contributed by atoms with Crippen molar-refractivity contribution in [2.24, 2.45) is 0 Å². The summed E-state index contributed by atoms with van der Waals surface area (Å²) in [5.41, 5.74) is 0. The molecule has 1 aliphatic heterocycles. The summed E-state index contributed by atoms with van der Waals surface area (Å²) in [4.78, 5) is 2.31. The van der Waals surface area contributed by atoms with Crippen LogP contribution in [0, 0.1) is 6.42 Å². The van der Waals surface area contributed by atoms with Crippen LogP contribution in [0.5, 0.6) is 0 Å². The van der Waals surface area contributed by atoms with Crippen molar-refractivity contribution in [1.29, 1.82) is 0 Å². The highest BCUT2D eigenvalue weighted by Crippen LogP contribution is 2.00. The monoisotopic (exact) mass is 84.1 g/mol. The van der Waals surface area contributed by atoms with Crippen LogP contribution >= 0.6 is 0 Å². The first-order chi connectivity index (χ1) is 2.89. The minimum atomic E-state index is 1.19. The molecule has 1 aliphatic rings. The molecule has 0 aromatic carbocycles. The molecular formula is C5H10N. The molecule has 0 saturated carbocycles. The molecule has 1 heterocycles. The largest absolute Gasteiger partial charge is 0.306 e. The summed E-state index contributed by atoms with van der Waals surface area (Å²) in [5, 5.41) is 0. The molecule has 0 aromatic rings. The molecule has 6 heavy (non-hydrogen) atoms. The van der Waals surface area contributed by atoms with E-state index >= 15 is 0 Å². The van der Waals surface area contributed by atoms with E-state index in [0.717, 1.165) is 0 Å². The van der Waals surface area contributed by atoms with Crippen LogP contribution in [-0.2, 0) is 0 Å². The maximum Gasteiger partial charge on any atom is 0.00102 e. The van der Waals surface area contributed by atoms with Gasteiger partial charge in [-0.05, 0) is 26.4 Å². The van der Waals surface area contributed by atoms with E-state index < -0.39 is 0 Å². The predicted molar refractivity (Wildman–Crippen MR) is 26.4 cm³/mol. The lowest BCUT2D eigenvalue weighted by molar-refractivity contribution is 0.424. The van der Waals surface area contributed by atoms with Gasteiger partial charge in [-0.3, -0.25) is 0 Å². The van der Waals surface area contributed by atoms with Gasteiger partial charge in [-0.1, -0.05) is 0 Å². The molecule has 1 nitrogen and oxygen atoms in total. The smallest absolute Gasteiger partial charge is 0.00102 e. The van der Waals surface area contributed by atoms with Crippen LogP contribution in [0.3, 0.4) is 0 Å². The molecule has 1 fully saturated rings. The first kappa shape index (κ1) is 4.13. The highest BCUT2D eigenvalue weighted by molar-refractivity contribution is 4.77. The average Bonchev–Trinajstić information content (AvgIpc) is 1.86. The highest BCUT2D eigenvalue weighted by Gasteiger charge is 2.03. The summed E-state index contributed by atoms with van der Waals surface area (Å²) in [5.74, 6) is 0. The van der Waals surface area contributed by atoms with Gasteiger partial charge in [0.1, 0.15) is 0 Å². The van der Waals surface area contributed by atoms with Gasteiger partial charge >= 0.3 is 0 Å². The zero-order valence-corrected chi connectivity index (χ0v) is 4.15. The van der Waals surface area contributed by atoms with Crippen LogP contribution < -0.4 is 0 Å². The minimum absolute atomic E-state index is 1.19. The van der Waals surface area contributed by atoms with E-state index in [9.17, 15) is 0 Å². The van der Waals surface area contributed by atoms with E-state index in [-0.39, 0.29) is 0 Å². The Balaban J connectivity index is 2.18. The van der Waals surface area contributed by atoms with Gasteiger partial charge in [0.25, 0.3) is 0 Å². The normalized spacial score (nSPS) is 25.5. The second-order valence-electron chi connectivity index (χ2n) is 1.84. The van der Waals surface area contributed by atoms with Crippen molar-refractivity contribution in [2.45, 2.75) is 6.42 Å². The molecule has 1 saturated heterocycles. The van der Waals surface area contributed by atoms with Gasteiger partial charge in [0.05, 0.1) is 0 Å². The zero-order valence-electron chi connectivity index (χ0n) is 4.15. The van der Waals surface area contributed by atoms with Crippen LogP contribution in [-0.4, -0.2) is 25.0 Å². The second kappa shape index (κ2) is 1.61. The average molecular weight is 84.1 g/mol. The van der Waals surface area contributed by atoms with Crippen molar-refractivity contribution in [1.82, 2.24) is 4.90 Å². The molecule has 0 aromatic heterocycles. The maximum absolute atomic E-state index is 2.31. The number of hydrogen-bond acceptors (Lipinski definition) is 1. The standard InChI is InChI=1S/C5H10N/c1-6-4-2-3-5-6/h2H,3-5H2,1H3. The fourth-order valence-corrected chi connectivity index (χ4v) is 0.715. The Morgan fingerprint density at radius 2 is 2.50 bits per heavy atom. The lowest BCUT2D eigenvalue weighted by Gasteiger charge is -2.01. The number of likely N-dealkylation sites (tertiary alicyclic amines) is 1. The van der Waals surface area contributed by atoms with Crippen molar-refractivity contribution in [3.05, 3.63) is 6.42 Å². The molecule has 1 heteroatoms. The summed E-state index contributed by atoms with van der Waals surface area (Å²) in [6, 6.07) is 0. The fraction of sp³-hybridized carbons (Fsp3) is 0.800.